The Morgan fingerprint density at radius 3 is 2.86 bits per heavy atom. The first-order chi connectivity index (χ1) is 10.0. The quantitative estimate of drug-likeness (QED) is 0.886. The fourth-order valence-electron chi connectivity index (χ4n) is 2.34. The minimum Gasteiger partial charge on any atom is -0.497 e. The number of rotatable bonds is 4. The van der Waals surface area contributed by atoms with E-state index in [-0.39, 0.29) is 12.6 Å². The second-order valence-electron chi connectivity index (χ2n) is 5.35. The maximum atomic E-state index is 12.2. The number of amides is 2. The number of ether oxygens (including phenoxy) is 2. The van der Waals surface area contributed by atoms with Crippen LogP contribution in [0.2, 0.25) is 0 Å². The van der Waals surface area contributed by atoms with Crippen LogP contribution in [0.25, 0.3) is 0 Å². The number of urea groups is 1. The van der Waals surface area contributed by atoms with Crippen molar-refractivity contribution in [1.29, 1.82) is 0 Å². The lowest BCUT2D eigenvalue weighted by molar-refractivity contribution is -0.0717. The Bertz CT molecular complexity index is 486. The van der Waals surface area contributed by atoms with E-state index >= 15 is 0 Å². The van der Waals surface area contributed by atoms with Gasteiger partial charge in [-0.15, -0.1) is 0 Å². The first-order valence-corrected chi connectivity index (χ1v) is 6.99. The van der Waals surface area contributed by atoms with Crippen LogP contribution in [0.5, 0.6) is 5.75 Å². The summed E-state index contributed by atoms with van der Waals surface area (Å²) in [5.74, 6) is 0.679. The third-order valence-electron chi connectivity index (χ3n) is 3.62. The molecule has 2 amide bonds. The van der Waals surface area contributed by atoms with E-state index in [1.165, 1.54) is 4.90 Å². The first kappa shape index (κ1) is 15.6. The zero-order valence-corrected chi connectivity index (χ0v) is 12.5. The largest absolute Gasteiger partial charge is 0.497 e. The second-order valence-corrected chi connectivity index (χ2v) is 5.35. The highest BCUT2D eigenvalue weighted by Crippen LogP contribution is 2.22. The molecule has 6 heteroatoms. The summed E-state index contributed by atoms with van der Waals surface area (Å²) in [7, 11) is 3.25. The summed E-state index contributed by atoms with van der Waals surface area (Å²) in [5, 5.41) is 13.2. The Hall–Kier alpha value is -1.79. The number of anilines is 1. The van der Waals surface area contributed by atoms with Crippen molar-refractivity contribution in [1.82, 2.24) is 4.90 Å². The van der Waals surface area contributed by atoms with Crippen LogP contribution in [-0.4, -0.2) is 55.6 Å². The lowest BCUT2D eigenvalue weighted by Gasteiger charge is -2.35. The summed E-state index contributed by atoms with van der Waals surface area (Å²) < 4.78 is 10.4. The fraction of sp³-hybridized carbons (Fsp3) is 0.533. The minimum absolute atomic E-state index is 0.261. The molecule has 0 saturated carbocycles. The Morgan fingerprint density at radius 2 is 2.19 bits per heavy atom. The summed E-state index contributed by atoms with van der Waals surface area (Å²) in [5.41, 5.74) is -0.205. The van der Waals surface area contributed by atoms with Gasteiger partial charge in [-0.25, -0.2) is 4.79 Å². The smallest absolute Gasteiger partial charge is 0.321 e. The highest BCUT2D eigenvalue weighted by molar-refractivity contribution is 5.89. The van der Waals surface area contributed by atoms with E-state index in [1.54, 1.807) is 32.4 Å². The molecule has 1 fully saturated rings. The van der Waals surface area contributed by atoms with Crippen molar-refractivity contribution in [3.8, 4) is 5.75 Å². The molecule has 2 rings (SSSR count). The van der Waals surface area contributed by atoms with E-state index in [1.807, 2.05) is 6.07 Å². The molecule has 0 aromatic heterocycles. The Morgan fingerprint density at radius 1 is 1.48 bits per heavy atom. The monoisotopic (exact) mass is 294 g/mol. The van der Waals surface area contributed by atoms with E-state index in [9.17, 15) is 9.90 Å². The van der Waals surface area contributed by atoms with Gasteiger partial charge >= 0.3 is 6.03 Å². The van der Waals surface area contributed by atoms with E-state index < -0.39 is 5.60 Å². The standard InChI is InChI=1S/C15H22N2O4/c1-17(11-15(19)6-8-21-9-7-15)14(18)16-12-4-3-5-13(10-12)20-2/h3-5,10,19H,6-9,11H2,1-2H3,(H,16,18). The number of nitrogens with one attached hydrogen (secondary N) is 1. The van der Waals surface area contributed by atoms with Crippen LogP contribution >= 0.6 is 0 Å². The van der Waals surface area contributed by atoms with E-state index in [0.29, 0.717) is 37.5 Å². The molecule has 1 aromatic carbocycles. The molecule has 0 radical (unpaired) electrons. The zero-order chi connectivity index (χ0) is 15.3. The minimum atomic E-state index is -0.862. The van der Waals surface area contributed by atoms with Gasteiger partial charge in [0.1, 0.15) is 5.75 Å². The maximum absolute atomic E-state index is 12.2. The van der Waals surface area contributed by atoms with Gasteiger partial charge in [0.25, 0.3) is 0 Å². The van der Waals surface area contributed by atoms with Crippen LogP contribution in [-0.2, 0) is 4.74 Å². The number of hydrogen-bond donors (Lipinski definition) is 2. The van der Waals surface area contributed by atoms with Gasteiger partial charge in [0.2, 0.25) is 0 Å². The molecule has 1 saturated heterocycles. The molecule has 6 nitrogen and oxygen atoms in total. The molecular weight excluding hydrogens is 272 g/mol. The highest BCUT2D eigenvalue weighted by atomic mass is 16.5. The first-order valence-electron chi connectivity index (χ1n) is 6.99. The van der Waals surface area contributed by atoms with Gasteiger partial charge in [-0.3, -0.25) is 0 Å². The Labute approximate surface area is 124 Å². The van der Waals surface area contributed by atoms with Gasteiger partial charge in [-0.1, -0.05) is 6.07 Å². The highest BCUT2D eigenvalue weighted by Gasteiger charge is 2.32. The van der Waals surface area contributed by atoms with E-state index in [4.69, 9.17) is 9.47 Å². The summed E-state index contributed by atoms with van der Waals surface area (Å²) >= 11 is 0. The normalized spacial score (nSPS) is 17.1. The predicted molar refractivity (Wildman–Crippen MR) is 79.6 cm³/mol. The van der Waals surface area contributed by atoms with Crippen LogP contribution in [0.4, 0.5) is 10.5 Å². The lowest BCUT2D eigenvalue weighted by Crippen LogP contribution is -2.48. The summed E-state index contributed by atoms with van der Waals surface area (Å²) in [4.78, 5) is 13.7. The molecule has 1 aliphatic rings. The van der Waals surface area contributed by atoms with Crippen molar-refractivity contribution in [3.63, 3.8) is 0 Å². The van der Waals surface area contributed by atoms with Crippen LogP contribution in [0.1, 0.15) is 12.8 Å². The average molecular weight is 294 g/mol. The van der Waals surface area contributed by atoms with Gasteiger partial charge in [-0.05, 0) is 12.1 Å². The predicted octanol–water partition coefficient (Wildman–Crippen LogP) is 1.70. The number of methoxy groups -OCH3 is 1. The maximum Gasteiger partial charge on any atom is 0.321 e. The Balaban J connectivity index is 1.92. The van der Waals surface area contributed by atoms with Gasteiger partial charge < -0.3 is 24.8 Å². The van der Waals surface area contributed by atoms with Crippen molar-refractivity contribution in [2.75, 3.05) is 39.2 Å². The van der Waals surface area contributed by atoms with Gasteiger partial charge in [0, 0.05) is 44.9 Å². The second kappa shape index (κ2) is 6.78. The van der Waals surface area contributed by atoms with Crippen LogP contribution in [0, 0.1) is 0 Å². The molecule has 1 aromatic rings. The molecule has 21 heavy (non-hydrogen) atoms. The molecule has 0 spiro atoms. The number of hydrogen-bond acceptors (Lipinski definition) is 4. The number of likely N-dealkylation sites (N-methyl/N-ethyl adjacent to an activating group) is 1. The fourth-order valence-corrected chi connectivity index (χ4v) is 2.34. The van der Waals surface area contributed by atoms with Crippen molar-refractivity contribution in [3.05, 3.63) is 24.3 Å². The Kier molecular flexibility index (Phi) is 5.03. The van der Waals surface area contributed by atoms with Gasteiger partial charge in [-0.2, -0.15) is 0 Å². The lowest BCUT2D eigenvalue weighted by atomic mass is 9.94. The molecule has 0 unspecified atom stereocenters. The summed E-state index contributed by atoms with van der Waals surface area (Å²) in [6, 6.07) is 6.89. The average Bonchev–Trinajstić information content (AvgIpc) is 2.47. The van der Waals surface area contributed by atoms with E-state index in [2.05, 4.69) is 5.32 Å². The molecule has 1 heterocycles. The number of nitrogens with zero attached hydrogens (tertiary/aromatic N) is 1. The molecule has 2 N–H and O–H groups in total. The summed E-state index contributed by atoms with van der Waals surface area (Å²) in [6.07, 6.45) is 1.09. The van der Waals surface area contributed by atoms with Gasteiger partial charge in [0.05, 0.1) is 19.3 Å². The van der Waals surface area contributed by atoms with Crippen LogP contribution < -0.4 is 10.1 Å². The van der Waals surface area contributed by atoms with Crippen LogP contribution in [0.3, 0.4) is 0 Å². The number of aliphatic hydroxyl groups is 1. The number of benzene rings is 1. The van der Waals surface area contributed by atoms with Crippen molar-refractivity contribution < 1.29 is 19.4 Å². The number of carbonyl (C=O) groups is 1. The molecule has 1 aliphatic heterocycles. The zero-order valence-electron chi connectivity index (χ0n) is 12.5. The molecule has 0 bridgehead atoms. The van der Waals surface area contributed by atoms with Crippen LogP contribution in [0.15, 0.2) is 24.3 Å². The molecule has 0 atom stereocenters. The molecule has 0 aliphatic carbocycles. The third kappa shape index (κ3) is 4.34. The third-order valence-corrected chi connectivity index (χ3v) is 3.62. The topological polar surface area (TPSA) is 71.0 Å². The number of carbonyl (C=O) groups excluding carboxylic acids is 1. The molecule has 116 valence electrons. The van der Waals surface area contributed by atoms with Crippen molar-refractivity contribution in [2.24, 2.45) is 0 Å². The molecular formula is C15H22N2O4. The van der Waals surface area contributed by atoms with Crippen molar-refractivity contribution in [2.45, 2.75) is 18.4 Å². The SMILES string of the molecule is COc1cccc(NC(=O)N(C)CC2(O)CCOCC2)c1. The van der Waals surface area contributed by atoms with Gasteiger partial charge in [0.15, 0.2) is 0 Å². The summed E-state index contributed by atoms with van der Waals surface area (Å²) in [6.45, 7) is 1.34. The van der Waals surface area contributed by atoms with E-state index in [0.717, 1.165) is 0 Å². The van der Waals surface area contributed by atoms with Crippen molar-refractivity contribution >= 4 is 11.7 Å².